The molecule has 4 aromatic heterocycles. The molecule has 0 unspecified atom stereocenters. The van der Waals surface area contributed by atoms with E-state index in [4.69, 9.17) is 6.42 Å². The van der Waals surface area contributed by atoms with E-state index in [0.717, 1.165) is 20.1 Å². The average molecular weight is 1530 g/mol. The lowest BCUT2D eigenvalue weighted by Gasteiger charge is -2.23. The van der Waals surface area contributed by atoms with Crippen LogP contribution in [0.4, 0.5) is 0 Å². The quantitative estimate of drug-likeness (QED) is 0.0170. The molecule has 0 radical (unpaired) electrons. The number of hydrogen-bond donors (Lipinski definition) is 10. The molecular formula is C65H93N17O10S8. The van der Waals surface area contributed by atoms with Crippen molar-refractivity contribution < 1.29 is 47.9 Å². The number of carbonyl (C=O) groups excluding carboxylic acids is 10. The van der Waals surface area contributed by atoms with Gasteiger partial charge in [0, 0.05) is 230 Å². The van der Waals surface area contributed by atoms with E-state index < -0.39 is 0 Å². The summed E-state index contributed by atoms with van der Waals surface area (Å²) in [6, 6.07) is 22.6. The minimum absolute atomic E-state index is 0.0746. The molecule has 0 fully saturated rings. The van der Waals surface area contributed by atoms with Crippen LogP contribution < -0.4 is 53.2 Å². The zero-order valence-corrected chi connectivity index (χ0v) is 62.7. The zero-order chi connectivity index (χ0) is 71.7. The smallest absolute Gasteiger partial charge is 0.221 e. The molecule has 100 heavy (non-hydrogen) atoms. The molecule has 0 aliphatic heterocycles. The number of amides is 10. The van der Waals surface area contributed by atoms with Crippen molar-refractivity contribution >= 4 is 145 Å². The Bertz CT molecular complexity index is 2700. The maximum Gasteiger partial charge on any atom is 0.221 e. The highest BCUT2D eigenvalue weighted by molar-refractivity contribution is 8.77. The molecule has 0 atom stereocenters. The van der Waals surface area contributed by atoms with E-state index >= 15 is 0 Å². The molecule has 4 aromatic rings. The van der Waals surface area contributed by atoms with Gasteiger partial charge in [-0.1, -0.05) is 73.4 Å². The number of hydrogen-bond acceptors (Lipinski definition) is 25. The van der Waals surface area contributed by atoms with E-state index in [2.05, 4.69) is 79.0 Å². The van der Waals surface area contributed by atoms with Crippen LogP contribution in [-0.2, 0) is 47.9 Å². The van der Waals surface area contributed by atoms with Crippen LogP contribution >= 0.6 is 86.4 Å². The summed E-state index contributed by atoms with van der Waals surface area (Å²) in [5, 5.41) is 31.9. The van der Waals surface area contributed by atoms with Gasteiger partial charge in [-0.15, -0.1) is 6.42 Å². The van der Waals surface area contributed by atoms with Crippen molar-refractivity contribution in [2.45, 2.75) is 84.3 Å². The molecule has 4 rings (SSSR count). The van der Waals surface area contributed by atoms with Gasteiger partial charge in [0.2, 0.25) is 59.1 Å². The first-order valence-electron chi connectivity index (χ1n) is 32.8. The fraction of sp³-hybridized carbons (Fsp3) is 0.508. The van der Waals surface area contributed by atoms with Crippen molar-refractivity contribution in [2.24, 2.45) is 0 Å². The molecule has 0 saturated carbocycles. The predicted molar refractivity (Wildman–Crippen MR) is 405 cm³/mol. The Morgan fingerprint density at radius 2 is 0.500 bits per heavy atom. The van der Waals surface area contributed by atoms with E-state index in [1.807, 2.05) is 87.5 Å². The topological polar surface area (TPSA) is 352 Å². The number of rotatable bonds is 57. The van der Waals surface area contributed by atoms with Gasteiger partial charge in [-0.05, 0) is 91.7 Å². The maximum atomic E-state index is 13.2. The molecule has 0 aromatic carbocycles. The zero-order valence-electron chi connectivity index (χ0n) is 56.1. The normalized spacial score (nSPS) is 10.9. The van der Waals surface area contributed by atoms with Crippen LogP contribution in [0.15, 0.2) is 118 Å². The lowest BCUT2D eigenvalue weighted by molar-refractivity contribution is -0.123. The van der Waals surface area contributed by atoms with Crippen LogP contribution in [0.2, 0.25) is 0 Å². The van der Waals surface area contributed by atoms with Crippen LogP contribution in [0.5, 0.6) is 0 Å². The molecule has 27 nitrogen and oxygen atoms in total. The lowest BCUT2D eigenvalue weighted by atomic mass is 10.3. The number of terminal acetylenes is 1. The van der Waals surface area contributed by atoms with Gasteiger partial charge in [-0.2, -0.15) is 0 Å². The first kappa shape index (κ1) is 85.9. The minimum atomic E-state index is -0.266. The molecule has 0 saturated heterocycles. The van der Waals surface area contributed by atoms with Crippen molar-refractivity contribution in [3.63, 3.8) is 0 Å². The molecule has 10 amide bonds. The van der Waals surface area contributed by atoms with Crippen molar-refractivity contribution in [1.82, 2.24) is 87.8 Å². The van der Waals surface area contributed by atoms with E-state index in [-0.39, 0.29) is 209 Å². The van der Waals surface area contributed by atoms with E-state index in [9.17, 15) is 47.9 Å². The minimum Gasteiger partial charge on any atom is -0.355 e. The number of aromatic nitrogens is 4. The van der Waals surface area contributed by atoms with Gasteiger partial charge in [0.15, 0.2) is 0 Å². The van der Waals surface area contributed by atoms with Crippen molar-refractivity contribution in [1.29, 1.82) is 0 Å². The molecule has 0 bridgehead atoms. The highest BCUT2D eigenvalue weighted by Crippen LogP contribution is 2.31. The molecule has 35 heteroatoms. The second kappa shape index (κ2) is 57.1. The molecule has 4 heterocycles. The summed E-state index contributed by atoms with van der Waals surface area (Å²) < 4.78 is 0. The molecule has 0 aliphatic rings. The third-order valence-electron chi connectivity index (χ3n) is 13.6. The Morgan fingerprint density at radius 3 is 0.710 bits per heavy atom. The largest absolute Gasteiger partial charge is 0.355 e. The van der Waals surface area contributed by atoms with Crippen LogP contribution in [0.1, 0.15) is 64.2 Å². The highest BCUT2D eigenvalue weighted by atomic mass is 33.1. The van der Waals surface area contributed by atoms with Gasteiger partial charge in [0.1, 0.15) is 20.1 Å². The Labute approximate surface area is 618 Å². The predicted octanol–water partition coefficient (Wildman–Crippen LogP) is 3.93. The standard InChI is InChI=1S/C65H93N17O10S8/c1-2-39-80(40-15-56(87)74-37-46-81(42-17-52(83)66-29-33-70-58(89)21-48-93-97-62-11-3-7-25-76-62)43-18-53(84)67-30-34-71-59(90)22-49-94-98-63-12-4-8-26-77-63)41-16-57(88)75-38-47-82(44-19-54(85)68-31-35-72-60(91)23-50-95-99-64-13-5-9-27-78-64)45-20-55(86)69-32-36-73-61(92)24-51-96-100-65-14-6-10-28-79-65/h1,3-14,25-28H,15-24,29-51H2,(H,66,83)(H,67,84)(H,68,85)(H,69,86)(H,70,89)(H,71,90)(H,72,91)(H,73,92)(H,74,87)(H,75,88). The summed E-state index contributed by atoms with van der Waals surface area (Å²) in [6.45, 7) is 4.82. The van der Waals surface area contributed by atoms with Crippen molar-refractivity contribution in [3.05, 3.63) is 97.6 Å². The average Bonchev–Trinajstić information content (AvgIpc) is 3.88. The lowest BCUT2D eigenvalue weighted by Crippen LogP contribution is -2.41. The van der Waals surface area contributed by atoms with Gasteiger partial charge >= 0.3 is 0 Å². The third kappa shape index (κ3) is 46.9. The second-order valence-corrected chi connectivity index (χ2v) is 31.2. The van der Waals surface area contributed by atoms with E-state index in [1.54, 1.807) is 24.8 Å². The number of pyridine rings is 4. The summed E-state index contributed by atoms with van der Waals surface area (Å²) in [6.07, 6.45) is 14.3. The molecule has 0 aliphatic carbocycles. The summed E-state index contributed by atoms with van der Waals surface area (Å²) in [5.41, 5.74) is 0. The Hall–Kier alpha value is -6.46. The summed E-state index contributed by atoms with van der Waals surface area (Å²) in [7, 11) is 12.1. The van der Waals surface area contributed by atoms with Gasteiger partial charge in [0.25, 0.3) is 0 Å². The summed E-state index contributed by atoms with van der Waals surface area (Å²) in [4.78, 5) is 150. The van der Waals surface area contributed by atoms with Crippen LogP contribution in [0.25, 0.3) is 0 Å². The molecule has 10 N–H and O–H groups in total. The SMILES string of the molecule is C#CCN(CCC(=O)NCCN(CCC(=O)NCCNC(=O)CCSSc1ccccn1)CCC(=O)NCCNC(=O)CCSSc1ccccn1)CCC(=O)NCCN(CCC(=O)NCCNC(=O)CCSSc1ccccn1)CCC(=O)NCCNC(=O)CCSSc1ccccn1. The first-order valence-corrected chi connectivity index (χ1v) is 42.1. The fourth-order valence-corrected chi connectivity index (χ4v) is 15.8. The number of nitrogens with zero attached hydrogens (tertiary/aromatic N) is 7. The third-order valence-corrected chi connectivity index (χ3v) is 22.7. The van der Waals surface area contributed by atoms with Gasteiger partial charge in [0.05, 0.1) is 6.54 Å². The first-order chi connectivity index (χ1) is 48.7. The Kier molecular flexibility index (Phi) is 49.1. The van der Waals surface area contributed by atoms with Gasteiger partial charge in [-0.3, -0.25) is 52.8 Å². The van der Waals surface area contributed by atoms with Crippen LogP contribution in [-0.4, -0.2) is 241 Å². The Balaban J connectivity index is 1.17. The van der Waals surface area contributed by atoms with Crippen LogP contribution in [0, 0.1) is 12.3 Å². The van der Waals surface area contributed by atoms with Crippen molar-refractivity contribution in [3.8, 4) is 12.3 Å². The number of nitrogens with one attached hydrogen (secondary N) is 10. The van der Waals surface area contributed by atoms with E-state index in [0.29, 0.717) is 61.8 Å². The molecule has 546 valence electrons. The molecule has 0 spiro atoms. The van der Waals surface area contributed by atoms with Crippen molar-refractivity contribution in [2.75, 3.05) is 147 Å². The maximum absolute atomic E-state index is 13.2. The number of carbonyl (C=O) groups is 10. The van der Waals surface area contributed by atoms with Gasteiger partial charge < -0.3 is 63.0 Å². The fourth-order valence-electron chi connectivity index (χ4n) is 8.37. The Morgan fingerprint density at radius 1 is 0.290 bits per heavy atom. The summed E-state index contributed by atoms with van der Waals surface area (Å²) in [5.74, 6) is 2.92. The highest BCUT2D eigenvalue weighted by Gasteiger charge is 2.17. The molecular weight excluding hydrogens is 1440 g/mol. The monoisotopic (exact) mass is 1530 g/mol. The summed E-state index contributed by atoms with van der Waals surface area (Å²) >= 11 is 0. The second-order valence-electron chi connectivity index (χ2n) is 21.5. The van der Waals surface area contributed by atoms with Gasteiger partial charge in [-0.25, -0.2) is 19.9 Å². The van der Waals surface area contributed by atoms with Crippen LogP contribution in [0.3, 0.4) is 0 Å². The van der Waals surface area contributed by atoms with E-state index in [1.165, 1.54) is 86.4 Å².